The first kappa shape index (κ1) is 20.9. The largest absolute Gasteiger partial charge is 0.772 e. The maximum Gasteiger partial charge on any atom is 0.417 e. The van der Waals surface area contributed by atoms with Crippen molar-refractivity contribution < 1.29 is 31.5 Å². The lowest BCUT2D eigenvalue weighted by Gasteiger charge is -2.12. The Morgan fingerprint density at radius 3 is 2.59 bits per heavy atom. The second kappa shape index (κ2) is 8.27. The summed E-state index contributed by atoms with van der Waals surface area (Å²) < 4.78 is 61.1. The van der Waals surface area contributed by atoms with Crippen LogP contribution in [0.3, 0.4) is 0 Å². The smallest absolute Gasteiger partial charge is 0.417 e. The molecule has 0 aliphatic carbocycles. The molecule has 7 nitrogen and oxygen atoms in total. The molecule has 1 aromatic heterocycles. The van der Waals surface area contributed by atoms with Gasteiger partial charge in [0.25, 0.3) is 5.91 Å². The minimum Gasteiger partial charge on any atom is -0.772 e. The lowest BCUT2D eigenvalue weighted by atomic mass is 10.1. The molecule has 2 N–H and O–H groups in total. The summed E-state index contributed by atoms with van der Waals surface area (Å²) in [6.45, 7) is 0. The number of thiazole rings is 1. The number of anilines is 1. The number of hydrogen-bond donors (Lipinski definition) is 2. The fourth-order valence-corrected chi connectivity index (χ4v) is 3.85. The number of benzene rings is 2. The van der Waals surface area contributed by atoms with Crippen molar-refractivity contribution in [2.75, 3.05) is 5.32 Å². The highest BCUT2D eigenvalue weighted by molar-refractivity contribution is 7.78. The predicted molar refractivity (Wildman–Crippen MR) is 100 cm³/mol. The van der Waals surface area contributed by atoms with Crippen LogP contribution in [0.25, 0.3) is 10.2 Å². The Bertz CT molecular complexity index is 1110. The van der Waals surface area contributed by atoms with E-state index in [-0.39, 0.29) is 10.9 Å². The summed E-state index contributed by atoms with van der Waals surface area (Å²) in [7, 11) is 0. The molecule has 2 aromatic carbocycles. The molecule has 12 heteroatoms. The third-order valence-electron chi connectivity index (χ3n) is 3.66. The molecule has 1 heterocycles. The van der Waals surface area contributed by atoms with Crippen LogP contribution in [0, 0.1) is 0 Å². The summed E-state index contributed by atoms with van der Waals surface area (Å²) in [4.78, 5) is 28.2. The zero-order valence-electron chi connectivity index (χ0n) is 14.3. The lowest BCUT2D eigenvalue weighted by Crippen LogP contribution is -2.35. The minimum absolute atomic E-state index is 0.0924. The van der Waals surface area contributed by atoms with E-state index >= 15 is 0 Å². The van der Waals surface area contributed by atoms with Crippen LogP contribution in [0.15, 0.2) is 42.5 Å². The van der Waals surface area contributed by atoms with Crippen LogP contribution < -0.4 is 10.6 Å². The van der Waals surface area contributed by atoms with Crippen molar-refractivity contribution in [1.29, 1.82) is 0 Å². The third kappa shape index (κ3) is 5.16. The van der Waals surface area contributed by atoms with Gasteiger partial charge in [-0.2, -0.15) is 13.2 Å². The van der Waals surface area contributed by atoms with Crippen molar-refractivity contribution in [1.82, 2.24) is 10.3 Å². The molecule has 0 aliphatic rings. The Morgan fingerprint density at radius 1 is 1.17 bits per heavy atom. The molecule has 0 saturated heterocycles. The van der Waals surface area contributed by atoms with Crippen LogP contribution >= 0.6 is 11.3 Å². The van der Waals surface area contributed by atoms with Crippen molar-refractivity contribution in [3.63, 3.8) is 0 Å². The second-order valence-electron chi connectivity index (χ2n) is 5.72. The number of nitrogens with zero attached hydrogens (tertiary/aromatic N) is 1. The van der Waals surface area contributed by atoms with Gasteiger partial charge in [0.05, 0.1) is 21.3 Å². The summed E-state index contributed by atoms with van der Waals surface area (Å²) in [6, 6.07) is 7.78. The summed E-state index contributed by atoms with van der Waals surface area (Å²) in [5.41, 5.74) is -0.827. The van der Waals surface area contributed by atoms with E-state index in [1.807, 2.05) is 5.32 Å². The number of carbonyl (C=O) groups excluding carboxylic acids is 2. The van der Waals surface area contributed by atoms with Crippen LogP contribution in [-0.4, -0.2) is 25.7 Å². The monoisotopic (exact) mass is 442 g/mol. The van der Waals surface area contributed by atoms with Gasteiger partial charge in [-0.25, -0.2) is 9.78 Å². The quantitative estimate of drug-likeness (QED) is 0.599. The predicted octanol–water partition coefficient (Wildman–Crippen LogP) is 3.66. The summed E-state index contributed by atoms with van der Waals surface area (Å²) >= 11 is -1.24. The molecule has 0 spiro atoms. The zero-order valence-corrected chi connectivity index (χ0v) is 15.9. The molecule has 0 aliphatic heterocycles. The van der Waals surface area contributed by atoms with Crippen molar-refractivity contribution in [3.8, 4) is 0 Å². The molecule has 1 unspecified atom stereocenters. The minimum atomic E-state index is -4.75. The van der Waals surface area contributed by atoms with Crippen molar-refractivity contribution >= 4 is 49.7 Å². The molecule has 3 rings (SSSR count). The lowest BCUT2D eigenvalue weighted by molar-refractivity contribution is -0.137. The summed E-state index contributed by atoms with van der Waals surface area (Å²) in [5.74, 6) is -1.39. The molecule has 152 valence electrons. The molecule has 0 fully saturated rings. The fourth-order valence-electron chi connectivity index (χ4n) is 2.48. The van der Waals surface area contributed by atoms with Gasteiger partial charge >= 0.3 is 12.2 Å². The Hall–Kier alpha value is -2.83. The Balaban J connectivity index is 1.73. The molecule has 3 amide bonds. The number of carbonyl (C=O) groups is 2. The van der Waals surface area contributed by atoms with Gasteiger partial charge < -0.3 is 4.55 Å². The number of imide groups is 1. The Labute approximate surface area is 168 Å². The van der Waals surface area contributed by atoms with Crippen LogP contribution in [-0.2, 0) is 23.0 Å². The Kier molecular flexibility index (Phi) is 5.96. The van der Waals surface area contributed by atoms with Crippen LogP contribution in [0.4, 0.5) is 23.1 Å². The van der Waals surface area contributed by atoms with E-state index in [0.29, 0.717) is 15.8 Å². The Morgan fingerprint density at radius 2 is 1.90 bits per heavy atom. The van der Waals surface area contributed by atoms with Gasteiger partial charge in [-0.3, -0.25) is 19.6 Å². The number of hydrogen-bond acceptors (Lipinski definition) is 6. The van der Waals surface area contributed by atoms with E-state index in [2.05, 4.69) is 10.3 Å². The normalized spacial score (nSPS) is 12.6. The molecule has 0 saturated carbocycles. The number of fused-ring (bicyclic) bond motifs is 1. The average molecular weight is 442 g/mol. The number of halogens is 3. The van der Waals surface area contributed by atoms with E-state index < -0.39 is 40.3 Å². The number of rotatable bonds is 4. The van der Waals surface area contributed by atoms with Gasteiger partial charge in [0, 0.05) is 5.75 Å². The topological polar surface area (TPSA) is 111 Å². The number of nitrogens with one attached hydrogen (secondary N) is 2. The highest BCUT2D eigenvalue weighted by Crippen LogP contribution is 2.32. The fraction of sp³-hybridized carbons (Fsp3) is 0.118. The second-order valence-corrected chi connectivity index (χ2v) is 7.65. The molecular weight excluding hydrogens is 431 g/mol. The number of urea groups is 1. The van der Waals surface area contributed by atoms with Gasteiger partial charge in [0.1, 0.15) is 0 Å². The molecule has 0 radical (unpaired) electrons. The maximum absolute atomic E-state index is 13.0. The summed E-state index contributed by atoms with van der Waals surface area (Å²) in [5, 5.41) is 4.21. The SMILES string of the molecule is O=C(NC(=O)c1ccccc1C(F)(F)F)Nc1nc2ccc(CS(=O)[O-])cc2s1. The van der Waals surface area contributed by atoms with Crippen LogP contribution in [0.2, 0.25) is 0 Å². The van der Waals surface area contributed by atoms with Gasteiger partial charge in [-0.05, 0) is 29.8 Å². The van der Waals surface area contributed by atoms with Gasteiger partial charge in [0.2, 0.25) is 0 Å². The van der Waals surface area contributed by atoms with Gasteiger partial charge in [0.15, 0.2) is 5.13 Å². The summed E-state index contributed by atoms with van der Waals surface area (Å²) in [6.07, 6.45) is -4.75. The maximum atomic E-state index is 13.0. The number of aromatic nitrogens is 1. The highest BCUT2D eigenvalue weighted by atomic mass is 32.2. The van der Waals surface area contributed by atoms with Crippen LogP contribution in [0.1, 0.15) is 21.5 Å². The molecule has 29 heavy (non-hydrogen) atoms. The number of alkyl halides is 3. The first-order chi connectivity index (χ1) is 13.6. The molecule has 0 bridgehead atoms. The molecule has 3 aromatic rings. The number of amides is 3. The van der Waals surface area contributed by atoms with Crippen molar-refractivity contribution in [2.45, 2.75) is 11.9 Å². The van der Waals surface area contributed by atoms with Crippen molar-refractivity contribution in [3.05, 3.63) is 59.2 Å². The first-order valence-corrected chi connectivity index (χ1v) is 9.93. The standard InChI is InChI=1S/C17H12F3N3O4S2/c18-17(19,20)11-4-2-1-3-10(11)14(24)22-15(25)23-16-21-12-6-5-9(8-29(26)27)7-13(12)28-16/h1-7H,8H2,(H,26,27)(H2,21,22,23,24,25)/p-1. The van der Waals surface area contributed by atoms with Crippen LogP contribution in [0.5, 0.6) is 0 Å². The van der Waals surface area contributed by atoms with E-state index in [1.165, 1.54) is 6.07 Å². The molecule has 1 atom stereocenters. The average Bonchev–Trinajstić information content (AvgIpc) is 3.01. The van der Waals surface area contributed by atoms with E-state index in [1.54, 1.807) is 18.2 Å². The van der Waals surface area contributed by atoms with E-state index in [9.17, 15) is 31.5 Å². The highest BCUT2D eigenvalue weighted by Gasteiger charge is 2.35. The van der Waals surface area contributed by atoms with E-state index in [0.717, 1.165) is 29.5 Å². The first-order valence-electron chi connectivity index (χ1n) is 7.87. The molecular formula is C17H11F3N3O4S2-. The van der Waals surface area contributed by atoms with E-state index in [4.69, 9.17) is 0 Å². The van der Waals surface area contributed by atoms with Gasteiger partial charge in [-0.15, -0.1) is 0 Å². The van der Waals surface area contributed by atoms with Gasteiger partial charge in [-0.1, -0.05) is 40.6 Å². The van der Waals surface area contributed by atoms with Crippen molar-refractivity contribution in [2.24, 2.45) is 0 Å². The third-order valence-corrected chi connectivity index (χ3v) is 5.16. The zero-order chi connectivity index (χ0) is 21.2.